The average Bonchev–Trinajstić information content (AvgIpc) is 3.17. The highest BCUT2D eigenvalue weighted by Gasteiger charge is 2.25. The smallest absolute Gasteiger partial charge is 0.252 e. The monoisotopic (exact) mass is 310 g/mol. The highest BCUT2D eigenvalue weighted by molar-refractivity contribution is 7.08. The van der Waals surface area contributed by atoms with Crippen molar-refractivity contribution in [3.8, 4) is 0 Å². The van der Waals surface area contributed by atoms with Gasteiger partial charge in [-0.2, -0.15) is 11.3 Å². The molecule has 0 aromatic carbocycles. The lowest BCUT2D eigenvalue weighted by Gasteiger charge is -2.28. The largest absolute Gasteiger partial charge is 0.395 e. The van der Waals surface area contributed by atoms with Gasteiger partial charge in [-0.1, -0.05) is 12.8 Å². The van der Waals surface area contributed by atoms with Crippen LogP contribution in [0.1, 0.15) is 42.5 Å². The molecule has 1 aliphatic carbocycles. The summed E-state index contributed by atoms with van der Waals surface area (Å²) in [6, 6.07) is 2.02. The van der Waals surface area contributed by atoms with Crippen LogP contribution in [0.25, 0.3) is 0 Å². The lowest BCUT2D eigenvalue weighted by Crippen LogP contribution is -2.42. The summed E-state index contributed by atoms with van der Waals surface area (Å²) in [7, 11) is 0. The van der Waals surface area contributed by atoms with Crippen LogP contribution >= 0.6 is 11.3 Å². The molecule has 2 amide bonds. The third-order valence-corrected chi connectivity index (χ3v) is 4.52. The molecule has 0 unspecified atom stereocenters. The molecule has 0 radical (unpaired) electrons. The molecule has 0 saturated heterocycles. The predicted molar refractivity (Wildman–Crippen MR) is 82.3 cm³/mol. The molecule has 5 nitrogen and oxygen atoms in total. The van der Waals surface area contributed by atoms with Gasteiger partial charge in [0.05, 0.1) is 6.61 Å². The maximum absolute atomic E-state index is 12.3. The maximum atomic E-state index is 12.3. The van der Waals surface area contributed by atoms with Crippen LogP contribution in [0.5, 0.6) is 0 Å². The molecule has 2 N–H and O–H groups in total. The van der Waals surface area contributed by atoms with Gasteiger partial charge in [-0.3, -0.25) is 9.59 Å². The fourth-order valence-corrected chi connectivity index (χ4v) is 3.39. The summed E-state index contributed by atoms with van der Waals surface area (Å²) in [6.07, 6.45) is 4.62. The normalized spacial score (nSPS) is 15.1. The fraction of sp³-hybridized carbons (Fsp3) is 0.600. The summed E-state index contributed by atoms with van der Waals surface area (Å²) < 4.78 is 0. The summed E-state index contributed by atoms with van der Waals surface area (Å²) in [4.78, 5) is 25.8. The van der Waals surface area contributed by atoms with Crippen LogP contribution < -0.4 is 5.32 Å². The number of aliphatic hydroxyl groups is 1. The van der Waals surface area contributed by atoms with Crippen molar-refractivity contribution in [2.75, 3.05) is 19.7 Å². The molecule has 116 valence electrons. The Kier molecular flexibility index (Phi) is 6.20. The number of rotatable bonds is 7. The first-order valence-electron chi connectivity index (χ1n) is 7.43. The number of carbonyl (C=O) groups excluding carboxylic acids is 2. The molecule has 2 rings (SSSR count). The molecule has 1 heterocycles. The number of nitrogens with one attached hydrogen (secondary N) is 1. The highest BCUT2D eigenvalue weighted by atomic mass is 32.1. The fourth-order valence-electron chi connectivity index (χ4n) is 2.76. The number of amides is 2. The minimum Gasteiger partial charge on any atom is -0.395 e. The van der Waals surface area contributed by atoms with E-state index in [1.165, 1.54) is 11.3 Å². The van der Waals surface area contributed by atoms with Crippen molar-refractivity contribution in [1.29, 1.82) is 0 Å². The van der Waals surface area contributed by atoms with E-state index in [9.17, 15) is 9.59 Å². The van der Waals surface area contributed by atoms with Crippen molar-refractivity contribution < 1.29 is 14.7 Å². The van der Waals surface area contributed by atoms with Gasteiger partial charge in [-0.05, 0) is 24.3 Å². The molecule has 1 saturated carbocycles. The third-order valence-electron chi connectivity index (χ3n) is 3.83. The molecular formula is C15H22N2O3S. The zero-order valence-corrected chi connectivity index (χ0v) is 12.9. The first kappa shape index (κ1) is 16.0. The molecule has 0 atom stereocenters. The second kappa shape index (κ2) is 8.14. The second-order valence-corrected chi connectivity index (χ2v) is 6.05. The highest BCUT2D eigenvalue weighted by Crippen LogP contribution is 2.23. The summed E-state index contributed by atoms with van der Waals surface area (Å²) in [5, 5.41) is 15.5. The van der Waals surface area contributed by atoms with Gasteiger partial charge in [0.15, 0.2) is 0 Å². The summed E-state index contributed by atoms with van der Waals surface area (Å²) in [6.45, 7) is 0.716. The van der Waals surface area contributed by atoms with Crippen molar-refractivity contribution in [1.82, 2.24) is 10.2 Å². The average molecular weight is 310 g/mol. The quantitative estimate of drug-likeness (QED) is 0.804. The van der Waals surface area contributed by atoms with E-state index in [2.05, 4.69) is 5.32 Å². The van der Waals surface area contributed by atoms with Crippen molar-refractivity contribution in [2.24, 2.45) is 0 Å². The minimum atomic E-state index is -0.140. The summed E-state index contributed by atoms with van der Waals surface area (Å²) >= 11 is 1.47. The lowest BCUT2D eigenvalue weighted by molar-refractivity contribution is -0.133. The second-order valence-electron chi connectivity index (χ2n) is 5.27. The zero-order valence-electron chi connectivity index (χ0n) is 12.1. The Labute approximate surface area is 129 Å². The van der Waals surface area contributed by atoms with E-state index in [0.29, 0.717) is 18.7 Å². The van der Waals surface area contributed by atoms with E-state index in [0.717, 1.165) is 25.7 Å². The van der Waals surface area contributed by atoms with Crippen LogP contribution in [0.2, 0.25) is 0 Å². The zero-order chi connectivity index (χ0) is 15.1. The Morgan fingerprint density at radius 1 is 1.38 bits per heavy atom. The van der Waals surface area contributed by atoms with Gasteiger partial charge < -0.3 is 15.3 Å². The standard InChI is InChI=1S/C15H22N2O3S/c18-9-8-17(13-3-1-2-4-13)14(19)5-7-16-15(20)12-6-10-21-11-12/h6,10-11,13,18H,1-5,7-9H2,(H,16,20). The van der Waals surface area contributed by atoms with Crippen LogP contribution in [-0.2, 0) is 4.79 Å². The van der Waals surface area contributed by atoms with E-state index in [1.54, 1.807) is 16.3 Å². The van der Waals surface area contributed by atoms with Gasteiger partial charge in [0.2, 0.25) is 5.91 Å². The number of hydrogen-bond acceptors (Lipinski definition) is 4. The van der Waals surface area contributed by atoms with Crippen molar-refractivity contribution in [3.63, 3.8) is 0 Å². The molecule has 1 aliphatic rings. The molecule has 0 bridgehead atoms. The van der Waals surface area contributed by atoms with Crippen LogP contribution in [0.4, 0.5) is 0 Å². The Morgan fingerprint density at radius 2 is 2.14 bits per heavy atom. The van der Waals surface area contributed by atoms with Crippen LogP contribution in [0.15, 0.2) is 16.8 Å². The van der Waals surface area contributed by atoms with Crippen molar-refractivity contribution in [3.05, 3.63) is 22.4 Å². The number of carbonyl (C=O) groups is 2. The molecule has 0 aliphatic heterocycles. The topological polar surface area (TPSA) is 69.6 Å². The van der Waals surface area contributed by atoms with E-state index in [1.807, 2.05) is 5.38 Å². The summed E-state index contributed by atoms with van der Waals surface area (Å²) in [5.41, 5.74) is 0.635. The molecule has 6 heteroatoms. The van der Waals surface area contributed by atoms with Crippen molar-refractivity contribution in [2.45, 2.75) is 38.1 Å². The summed E-state index contributed by atoms with van der Waals surface area (Å²) in [5.74, 6) is -0.125. The number of aliphatic hydroxyl groups excluding tert-OH is 1. The lowest BCUT2D eigenvalue weighted by atomic mass is 10.2. The number of thiophene rings is 1. The SMILES string of the molecule is O=C(NCCC(=O)N(CCO)C1CCCC1)c1ccsc1. The van der Waals surface area contributed by atoms with Crippen LogP contribution in [0.3, 0.4) is 0 Å². The van der Waals surface area contributed by atoms with E-state index in [4.69, 9.17) is 5.11 Å². The Bertz CT molecular complexity index is 455. The Balaban J connectivity index is 1.77. The van der Waals surface area contributed by atoms with Gasteiger partial charge in [-0.25, -0.2) is 0 Å². The van der Waals surface area contributed by atoms with Crippen LogP contribution in [0, 0.1) is 0 Å². The molecule has 1 fully saturated rings. The predicted octanol–water partition coefficient (Wildman–Crippen LogP) is 1.63. The van der Waals surface area contributed by atoms with Crippen LogP contribution in [-0.4, -0.2) is 47.6 Å². The Hall–Kier alpha value is -1.40. The van der Waals surface area contributed by atoms with Gasteiger partial charge in [0, 0.05) is 36.5 Å². The van der Waals surface area contributed by atoms with E-state index in [-0.39, 0.29) is 30.9 Å². The third kappa shape index (κ3) is 4.54. The van der Waals surface area contributed by atoms with Gasteiger partial charge in [-0.15, -0.1) is 0 Å². The maximum Gasteiger partial charge on any atom is 0.252 e. The first-order valence-corrected chi connectivity index (χ1v) is 8.37. The molecule has 21 heavy (non-hydrogen) atoms. The molecule has 1 aromatic rings. The Morgan fingerprint density at radius 3 is 2.76 bits per heavy atom. The van der Waals surface area contributed by atoms with Gasteiger partial charge in [0.25, 0.3) is 5.91 Å². The number of hydrogen-bond donors (Lipinski definition) is 2. The molecule has 1 aromatic heterocycles. The van der Waals surface area contributed by atoms with E-state index >= 15 is 0 Å². The van der Waals surface area contributed by atoms with Gasteiger partial charge >= 0.3 is 0 Å². The van der Waals surface area contributed by atoms with E-state index < -0.39 is 0 Å². The number of nitrogens with zero attached hydrogens (tertiary/aromatic N) is 1. The van der Waals surface area contributed by atoms with Crippen molar-refractivity contribution >= 4 is 23.2 Å². The first-order chi connectivity index (χ1) is 10.2. The molecule has 0 spiro atoms. The minimum absolute atomic E-state index is 0.0104. The van der Waals surface area contributed by atoms with Gasteiger partial charge in [0.1, 0.15) is 0 Å². The molecular weight excluding hydrogens is 288 g/mol.